The number of ether oxygens (including phenoxy) is 1. The molecule has 0 aliphatic carbocycles. The normalized spacial score (nSPS) is 18.0. The van der Waals surface area contributed by atoms with Gasteiger partial charge < -0.3 is 9.64 Å². The SMILES string of the molecule is CCCOc1ccc(CN(C(=O)c2ccc(C)cc2)[C@H]2CCS(=O)(=O)C2)cc1. The highest BCUT2D eigenvalue weighted by Gasteiger charge is 2.35. The number of carbonyl (C=O) groups excluding carboxylic acids is 1. The highest BCUT2D eigenvalue weighted by molar-refractivity contribution is 7.91. The van der Waals surface area contributed by atoms with Gasteiger partial charge in [0.25, 0.3) is 5.91 Å². The molecule has 3 rings (SSSR count). The van der Waals surface area contributed by atoms with Gasteiger partial charge in [-0.1, -0.05) is 36.8 Å². The van der Waals surface area contributed by atoms with Crippen molar-refractivity contribution in [1.29, 1.82) is 0 Å². The minimum Gasteiger partial charge on any atom is -0.494 e. The van der Waals surface area contributed by atoms with Gasteiger partial charge in [0, 0.05) is 18.2 Å². The number of aryl methyl sites for hydroxylation is 1. The molecule has 150 valence electrons. The fourth-order valence-electron chi connectivity index (χ4n) is 3.36. The Hall–Kier alpha value is -2.34. The van der Waals surface area contributed by atoms with Crippen LogP contribution in [0.15, 0.2) is 48.5 Å². The van der Waals surface area contributed by atoms with Crippen LogP contribution >= 0.6 is 0 Å². The molecule has 0 bridgehead atoms. The van der Waals surface area contributed by atoms with E-state index >= 15 is 0 Å². The van der Waals surface area contributed by atoms with Crippen molar-refractivity contribution in [3.05, 3.63) is 65.2 Å². The van der Waals surface area contributed by atoms with Crippen molar-refractivity contribution in [2.24, 2.45) is 0 Å². The zero-order valence-corrected chi connectivity index (χ0v) is 17.2. The van der Waals surface area contributed by atoms with Crippen LogP contribution in [0, 0.1) is 6.92 Å². The summed E-state index contributed by atoms with van der Waals surface area (Å²) in [5.74, 6) is 0.834. The zero-order valence-electron chi connectivity index (χ0n) is 16.4. The average molecular weight is 402 g/mol. The van der Waals surface area contributed by atoms with Gasteiger partial charge in [-0.2, -0.15) is 0 Å². The van der Waals surface area contributed by atoms with Crippen LogP contribution in [-0.2, 0) is 16.4 Å². The molecule has 5 nitrogen and oxygen atoms in total. The van der Waals surface area contributed by atoms with Gasteiger partial charge in [0.15, 0.2) is 9.84 Å². The van der Waals surface area contributed by atoms with Crippen LogP contribution in [0.2, 0.25) is 0 Å². The Labute approximate surface area is 167 Å². The molecule has 1 atom stereocenters. The first kappa shape index (κ1) is 20.4. The quantitative estimate of drug-likeness (QED) is 0.711. The monoisotopic (exact) mass is 401 g/mol. The summed E-state index contributed by atoms with van der Waals surface area (Å²) in [6, 6.07) is 14.8. The molecule has 6 heteroatoms. The second kappa shape index (κ2) is 8.78. The van der Waals surface area contributed by atoms with Crippen LogP contribution in [0.1, 0.15) is 41.3 Å². The van der Waals surface area contributed by atoms with E-state index in [2.05, 4.69) is 6.92 Å². The first-order valence-corrected chi connectivity index (χ1v) is 11.5. The van der Waals surface area contributed by atoms with Gasteiger partial charge in [-0.05, 0) is 49.6 Å². The van der Waals surface area contributed by atoms with Crippen molar-refractivity contribution in [2.45, 2.75) is 39.3 Å². The molecule has 2 aromatic rings. The van der Waals surface area contributed by atoms with E-state index in [1.165, 1.54) is 0 Å². The minimum atomic E-state index is -3.09. The Morgan fingerprint density at radius 2 is 1.79 bits per heavy atom. The van der Waals surface area contributed by atoms with E-state index in [0.29, 0.717) is 25.1 Å². The lowest BCUT2D eigenvalue weighted by Gasteiger charge is -2.28. The van der Waals surface area contributed by atoms with E-state index in [-0.39, 0.29) is 23.5 Å². The van der Waals surface area contributed by atoms with Crippen LogP contribution in [-0.4, -0.2) is 43.4 Å². The van der Waals surface area contributed by atoms with Gasteiger partial charge in [0.2, 0.25) is 0 Å². The molecule has 1 fully saturated rings. The van der Waals surface area contributed by atoms with Crippen LogP contribution in [0.5, 0.6) is 5.75 Å². The summed E-state index contributed by atoms with van der Waals surface area (Å²) < 4.78 is 29.6. The van der Waals surface area contributed by atoms with Crippen molar-refractivity contribution in [1.82, 2.24) is 4.90 Å². The van der Waals surface area contributed by atoms with Gasteiger partial charge in [0.1, 0.15) is 5.75 Å². The maximum absolute atomic E-state index is 13.2. The maximum Gasteiger partial charge on any atom is 0.254 e. The lowest BCUT2D eigenvalue weighted by Crippen LogP contribution is -2.40. The van der Waals surface area contributed by atoms with E-state index in [1.54, 1.807) is 17.0 Å². The van der Waals surface area contributed by atoms with E-state index in [1.807, 2.05) is 43.3 Å². The number of amides is 1. The molecule has 1 amide bonds. The predicted octanol–water partition coefficient (Wildman–Crippen LogP) is 3.61. The van der Waals surface area contributed by atoms with Gasteiger partial charge in [-0.15, -0.1) is 0 Å². The molecule has 0 N–H and O–H groups in total. The minimum absolute atomic E-state index is 0.0301. The summed E-state index contributed by atoms with van der Waals surface area (Å²) in [5, 5.41) is 0. The molecule has 0 radical (unpaired) electrons. The lowest BCUT2D eigenvalue weighted by molar-refractivity contribution is 0.0681. The second-order valence-corrected chi connectivity index (χ2v) is 9.58. The van der Waals surface area contributed by atoms with E-state index < -0.39 is 9.84 Å². The predicted molar refractivity (Wildman–Crippen MR) is 110 cm³/mol. The smallest absolute Gasteiger partial charge is 0.254 e. The number of hydrogen-bond donors (Lipinski definition) is 0. The fourth-order valence-corrected chi connectivity index (χ4v) is 5.09. The number of carbonyl (C=O) groups is 1. The largest absolute Gasteiger partial charge is 0.494 e. The molecule has 1 aliphatic rings. The Balaban J connectivity index is 1.82. The fraction of sp³-hybridized carbons (Fsp3) is 0.409. The number of nitrogens with zero attached hydrogens (tertiary/aromatic N) is 1. The van der Waals surface area contributed by atoms with Crippen LogP contribution in [0.25, 0.3) is 0 Å². The average Bonchev–Trinajstić information content (AvgIpc) is 3.05. The Bertz CT molecular complexity index is 905. The molecule has 1 heterocycles. The number of benzene rings is 2. The van der Waals surface area contributed by atoms with Gasteiger partial charge in [0.05, 0.1) is 18.1 Å². The molecule has 0 aromatic heterocycles. The van der Waals surface area contributed by atoms with Crippen molar-refractivity contribution in [3.8, 4) is 5.75 Å². The number of rotatable bonds is 7. The molecule has 2 aromatic carbocycles. The molecular formula is C22H27NO4S. The summed E-state index contributed by atoms with van der Waals surface area (Å²) in [4.78, 5) is 14.9. The molecule has 1 saturated heterocycles. The molecule has 28 heavy (non-hydrogen) atoms. The molecule has 0 saturated carbocycles. The Kier molecular flexibility index (Phi) is 6.39. The summed E-state index contributed by atoms with van der Waals surface area (Å²) >= 11 is 0. The van der Waals surface area contributed by atoms with Crippen molar-refractivity contribution >= 4 is 15.7 Å². The van der Waals surface area contributed by atoms with Crippen LogP contribution in [0.3, 0.4) is 0 Å². The van der Waals surface area contributed by atoms with Crippen molar-refractivity contribution in [3.63, 3.8) is 0 Å². The second-order valence-electron chi connectivity index (χ2n) is 7.35. The topological polar surface area (TPSA) is 63.7 Å². The van der Waals surface area contributed by atoms with Gasteiger partial charge in [-0.25, -0.2) is 8.42 Å². The summed E-state index contributed by atoms with van der Waals surface area (Å²) in [6.07, 6.45) is 1.42. The summed E-state index contributed by atoms with van der Waals surface area (Å²) in [5.41, 5.74) is 2.61. The van der Waals surface area contributed by atoms with Crippen molar-refractivity contribution < 1.29 is 17.9 Å². The third-order valence-corrected chi connectivity index (χ3v) is 6.71. The Morgan fingerprint density at radius 1 is 1.11 bits per heavy atom. The summed E-state index contributed by atoms with van der Waals surface area (Å²) in [6.45, 7) is 5.06. The first-order chi connectivity index (χ1) is 13.4. The third kappa shape index (κ3) is 5.13. The first-order valence-electron chi connectivity index (χ1n) is 9.68. The molecule has 1 aliphatic heterocycles. The number of sulfone groups is 1. The van der Waals surface area contributed by atoms with Crippen molar-refractivity contribution in [2.75, 3.05) is 18.1 Å². The van der Waals surface area contributed by atoms with E-state index in [9.17, 15) is 13.2 Å². The van der Waals surface area contributed by atoms with Crippen LogP contribution in [0.4, 0.5) is 0 Å². The lowest BCUT2D eigenvalue weighted by atomic mass is 10.1. The third-order valence-electron chi connectivity index (χ3n) is 4.96. The molecular weight excluding hydrogens is 374 g/mol. The van der Waals surface area contributed by atoms with Gasteiger partial charge >= 0.3 is 0 Å². The van der Waals surface area contributed by atoms with Gasteiger partial charge in [-0.3, -0.25) is 4.79 Å². The molecule has 0 spiro atoms. The van der Waals surface area contributed by atoms with Crippen LogP contribution < -0.4 is 4.74 Å². The van der Waals surface area contributed by atoms with E-state index in [0.717, 1.165) is 23.3 Å². The highest BCUT2D eigenvalue weighted by atomic mass is 32.2. The highest BCUT2D eigenvalue weighted by Crippen LogP contribution is 2.23. The number of hydrogen-bond acceptors (Lipinski definition) is 4. The zero-order chi connectivity index (χ0) is 20.1. The van der Waals surface area contributed by atoms with E-state index in [4.69, 9.17) is 4.74 Å². The Morgan fingerprint density at radius 3 is 2.36 bits per heavy atom. The summed E-state index contributed by atoms with van der Waals surface area (Å²) in [7, 11) is -3.09. The molecule has 0 unspecified atom stereocenters. The standard InChI is InChI=1S/C22H27NO4S/c1-3-13-27-21-10-6-18(7-11-21)15-23(20-12-14-28(25,26)16-20)22(24)19-8-4-17(2)5-9-19/h4-11,20H,3,12-16H2,1-2H3/t20-/m0/s1. The maximum atomic E-state index is 13.2.